The van der Waals surface area contributed by atoms with Crippen LogP contribution in [-0.2, 0) is 12.8 Å². The maximum Gasteiger partial charge on any atom is 0.393 e. The molecule has 2 aromatic rings. The number of phenolic OH excluding ortho intramolecular Hbond substituents is 1. The summed E-state index contributed by atoms with van der Waals surface area (Å²) in [6.45, 7) is 2.41. The number of nitrogens with zero attached hydrogens (tertiary/aromatic N) is 3. The number of benzene rings is 1. The first-order valence-corrected chi connectivity index (χ1v) is 9.32. The highest BCUT2D eigenvalue weighted by Crippen LogP contribution is 2.39. The van der Waals surface area contributed by atoms with Gasteiger partial charge in [0.2, 0.25) is 0 Å². The molecule has 2 atom stereocenters. The predicted octanol–water partition coefficient (Wildman–Crippen LogP) is 4.36. The third-order valence-electron chi connectivity index (χ3n) is 5.59. The van der Waals surface area contributed by atoms with Crippen molar-refractivity contribution in [1.82, 2.24) is 9.97 Å². The number of halogens is 3. The molecule has 0 bridgehead atoms. The monoisotopic (exact) mass is 377 g/mol. The van der Waals surface area contributed by atoms with Gasteiger partial charge < -0.3 is 10.0 Å². The van der Waals surface area contributed by atoms with Gasteiger partial charge in [-0.3, -0.25) is 0 Å². The summed E-state index contributed by atoms with van der Waals surface area (Å²) in [7, 11) is 0. The smallest absolute Gasteiger partial charge is 0.393 e. The van der Waals surface area contributed by atoms with E-state index in [0.717, 1.165) is 30.5 Å². The fraction of sp³-hybridized carbons (Fsp3) is 0.500. The molecule has 1 saturated heterocycles. The lowest BCUT2D eigenvalue weighted by Crippen LogP contribution is -2.30. The highest BCUT2D eigenvalue weighted by Gasteiger charge is 2.44. The summed E-state index contributed by atoms with van der Waals surface area (Å²) in [5, 5.41) is 10.2. The Labute approximate surface area is 156 Å². The molecular formula is C20H22F3N3O. The number of aromatic nitrogens is 2. The van der Waals surface area contributed by atoms with Gasteiger partial charge in [0.1, 0.15) is 11.6 Å². The minimum atomic E-state index is -4.18. The van der Waals surface area contributed by atoms with Gasteiger partial charge in [0.05, 0.1) is 11.5 Å². The number of phenols is 1. The average Bonchev–Trinajstić information content (AvgIpc) is 3.12. The largest absolute Gasteiger partial charge is 0.507 e. The highest BCUT2D eigenvalue weighted by molar-refractivity contribution is 5.66. The van der Waals surface area contributed by atoms with Gasteiger partial charge in [-0.2, -0.15) is 13.2 Å². The maximum atomic E-state index is 13.2. The van der Waals surface area contributed by atoms with E-state index in [9.17, 15) is 18.3 Å². The van der Waals surface area contributed by atoms with Crippen molar-refractivity contribution in [2.24, 2.45) is 11.8 Å². The molecule has 4 nitrogen and oxygen atoms in total. The van der Waals surface area contributed by atoms with Crippen LogP contribution in [0.2, 0.25) is 0 Å². The number of para-hydroxylation sites is 1. The van der Waals surface area contributed by atoms with E-state index in [-0.39, 0.29) is 18.7 Å². The lowest BCUT2D eigenvalue weighted by Gasteiger charge is -2.28. The van der Waals surface area contributed by atoms with Gasteiger partial charge in [-0.05, 0) is 43.7 Å². The second kappa shape index (κ2) is 6.69. The summed E-state index contributed by atoms with van der Waals surface area (Å²) < 4.78 is 39.5. The number of rotatable bonds is 2. The molecule has 2 aliphatic rings. The topological polar surface area (TPSA) is 49.3 Å². The molecule has 2 unspecified atom stereocenters. The molecule has 1 fully saturated rings. The molecule has 1 aliphatic heterocycles. The van der Waals surface area contributed by atoms with Crippen molar-refractivity contribution in [2.75, 3.05) is 18.0 Å². The van der Waals surface area contributed by atoms with Crippen LogP contribution in [0.1, 0.15) is 31.0 Å². The van der Waals surface area contributed by atoms with Crippen molar-refractivity contribution >= 4 is 5.82 Å². The quantitative estimate of drug-likeness (QED) is 0.845. The maximum absolute atomic E-state index is 13.2. The standard InChI is InChI=1S/C20H22F3N3O/c1-12-6-7-16-15(10-12)19(26-9-8-13(11-26)20(21,22)23)25-18(24-16)14-4-2-3-5-17(14)27/h2-5,12-13,27H,6-11H2,1H3. The van der Waals surface area contributed by atoms with Crippen LogP contribution in [0.15, 0.2) is 24.3 Å². The summed E-state index contributed by atoms with van der Waals surface area (Å²) in [6.07, 6.45) is -1.55. The van der Waals surface area contributed by atoms with Crippen molar-refractivity contribution in [2.45, 2.75) is 38.8 Å². The number of fused-ring (bicyclic) bond motifs is 1. The average molecular weight is 377 g/mol. The van der Waals surface area contributed by atoms with E-state index in [1.165, 1.54) is 0 Å². The van der Waals surface area contributed by atoms with E-state index in [4.69, 9.17) is 0 Å². The lowest BCUT2D eigenvalue weighted by molar-refractivity contribution is -0.168. The molecule has 4 rings (SSSR count). The predicted molar refractivity (Wildman–Crippen MR) is 96.7 cm³/mol. The van der Waals surface area contributed by atoms with Gasteiger partial charge in [-0.25, -0.2) is 9.97 Å². The first kappa shape index (κ1) is 18.1. The van der Waals surface area contributed by atoms with Crippen molar-refractivity contribution in [3.8, 4) is 17.1 Å². The van der Waals surface area contributed by atoms with E-state index in [0.29, 0.717) is 29.7 Å². The fourth-order valence-corrected chi connectivity index (χ4v) is 4.03. The van der Waals surface area contributed by atoms with Crippen LogP contribution in [0.25, 0.3) is 11.4 Å². The zero-order chi connectivity index (χ0) is 19.2. The molecular weight excluding hydrogens is 355 g/mol. The molecule has 1 N–H and O–H groups in total. The zero-order valence-electron chi connectivity index (χ0n) is 15.1. The van der Waals surface area contributed by atoms with Gasteiger partial charge in [0, 0.05) is 24.3 Å². The number of aryl methyl sites for hydroxylation is 1. The highest BCUT2D eigenvalue weighted by atomic mass is 19.4. The Bertz CT molecular complexity index is 853. The Hall–Kier alpha value is -2.31. The van der Waals surface area contributed by atoms with Gasteiger partial charge in [-0.15, -0.1) is 0 Å². The summed E-state index contributed by atoms with van der Waals surface area (Å²) in [6, 6.07) is 6.80. The van der Waals surface area contributed by atoms with Crippen LogP contribution < -0.4 is 4.90 Å². The molecule has 144 valence electrons. The van der Waals surface area contributed by atoms with Crippen LogP contribution in [0, 0.1) is 11.8 Å². The second-order valence-corrected chi connectivity index (χ2v) is 7.63. The molecule has 7 heteroatoms. The summed E-state index contributed by atoms with van der Waals surface area (Å²) in [4.78, 5) is 11.0. The first-order valence-electron chi connectivity index (χ1n) is 9.32. The zero-order valence-corrected chi connectivity index (χ0v) is 15.1. The van der Waals surface area contributed by atoms with Crippen LogP contribution in [0.3, 0.4) is 0 Å². The summed E-state index contributed by atoms with van der Waals surface area (Å²) >= 11 is 0. The number of aromatic hydroxyl groups is 1. The van der Waals surface area contributed by atoms with Gasteiger partial charge in [0.15, 0.2) is 5.82 Å². The van der Waals surface area contributed by atoms with Gasteiger partial charge in [-0.1, -0.05) is 19.1 Å². The van der Waals surface area contributed by atoms with Crippen LogP contribution in [-0.4, -0.2) is 34.3 Å². The molecule has 2 heterocycles. The normalized spacial score (nSPS) is 22.7. The lowest BCUT2D eigenvalue weighted by atomic mass is 9.87. The second-order valence-electron chi connectivity index (χ2n) is 7.63. The van der Waals surface area contributed by atoms with Crippen molar-refractivity contribution in [3.05, 3.63) is 35.5 Å². The van der Waals surface area contributed by atoms with E-state index in [2.05, 4.69) is 16.9 Å². The van der Waals surface area contributed by atoms with E-state index in [1.54, 1.807) is 29.2 Å². The van der Waals surface area contributed by atoms with Crippen molar-refractivity contribution in [3.63, 3.8) is 0 Å². The minimum absolute atomic E-state index is 0.0679. The van der Waals surface area contributed by atoms with E-state index < -0.39 is 12.1 Å². The fourth-order valence-electron chi connectivity index (χ4n) is 4.03. The Kier molecular flexibility index (Phi) is 4.48. The molecule has 27 heavy (non-hydrogen) atoms. The Morgan fingerprint density at radius 3 is 2.63 bits per heavy atom. The number of hydrogen-bond donors (Lipinski definition) is 1. The van der Waals surface area contributed by atoms with Crippen molar-refractivity contribution in [1.29, 1.82) is 0 Å². The van der Waals surface area contributed by atoms with Gasteiger partial charge >= 0.3 is 6.18 Å². The number of hydrogen-bond acceptors (Lipinski definition) is 4. The Morgan fingerprint density at radius 2 is 1.93 bits per heavy atom. The van der Waals surface area contributed by atoms with Gasteiger partial charge in [0.25, 0.3) is 0 Å². The van der Waals surface area contributed by atoms with Crippen LogP contribution in [0.4, 0.5) is 19.0 Å². The summed E-state index contributed by atoms with van der Waals surface area (Å²) in [5.41, 5.74) is 2.37. The van der Waals surface area contributed by atoms with Crippen molar-refractivity contribution < 1.29 is 18.3 Å². The molecule has 0 radical (unpaired) electrons. The minimum Gasteiger partial charge on any atom is -0.507 e. The third-order valence-corrected chi connectivity index (χ3v) is 5.59. The molecule has 0 amide bonds. The SMILES string of the molecule is CC1CCc2nc(-c3ccccc3O)nc(N3CCC(C(F)(F)F)C3)c2C1. The number of alkyl halides is 3. The van der Waals surface area contributed by atoms with E-state index >= 15 is 0 Å². The molecule has 1 aromatic carbocycles. The molecule has 0 saturated carbocycles. The van der Waals surface area contributed by atoms with Crippen LogP contribution >= 0.6 is 0 Å². The summed E-state index contributed by atoms with van der Waals surface area (Å²) in [5.74, 6) is 0.195. The number of anilines is 1. The van der Waals surface area contributed by atoms with E-state index in [1.807, 2.05) is 0 Å². The molecule has 0 spiro atoms. The molecule has 1 aromatic heterocycles. The van der Waals surface area contributed by atoms with Crippen LogP contribution in [0.5, 0.6) is 5.75 Å². The Morgan fingerprint density at radius 1 is 1.15 bits per heavy atom. The Balaban J connectivity index is 1.78. The molecule has 1 aliphatic carbocycles. The first-order chi connectivity index (χ1) is 12.8. The third kappa shape index (κ3) is 3.47.